The number of hydrogen-bond acceptors (Lipinski definition) is 2. The van der Waals surface area contributed by atoms with Crippen molar-refractivity contribution in [2.75, 3.05) is 23.3 Å². The van der Waals surface area contributed by atoms with E-state index in [1.54, 1.807) is 0 Å². The summed E-state index contributed by atoms with van der Waals surface area (Å²) in [5, 5.41) is 2.85. The normalized spacial score (nSPS) is 10.4. The van der Waals surface area contributed by atoms with Gasteiger partial charge in [0.05, 0.1) is 10.6 Å². The number of carbonyl (C=O) groups excluding carboxylic acids is 1. The molecular formula is C17H18ClFN2O. The molecule has 0 fully saturated rings. The molecular weight excluding hydrogens is 303 g/mol. The van der Waals surface area contributed by atoms with Gasteiger partial charge in [0.25, 0.3) is 5.91 Å². The van der Waals surface area contributed by atoms with E-state index < -0.39 is 5.82 Å². The number of nitrogens with zero attached hydrogens (tertiary/aromatic N) is 1. The topological polar surface area (TPSA) is 32.3 Å². The largest absolute Gasteiger partial charge is 0.372 e. The maximum Gasteiger partial charge on any atom is 0.257 e. The summed E-state index contributed by atoms with van der Waals surface area (Å²) < 4.78 is 13.0. The molecule has 116 valence electrons. The van der Waals surface area contributed by atoms with Gasteiger partial charge in [0.1, 0.15) is 5.82 Å². The molecule has 22 heavy (non-hydrogen) atoms. The van der Waals surface area contributed by atoms with Crippen LogP contribution >= 0.6 is 11.6 Å². The summed E-state index contributed by atoms with van der Waals surface area (Å²) in [6, 6.07) is 11.3. The first kappa shape index (κ1) is 16.3. The Labute approximate surface area is 134 Å². The summed E-state index contributed by atoms with van der Waals surface area (Å²) in [6.45, 7) is 6.03. The zero-order valence-corrected chi connectivity index (χ0v) is 13.3. The zero-order valence-electron chi connectivity index (χ0n) is 12.6. The minimum atomic E-state index is -0.467. The van der Waals surface area contributed by atoms with Gasteiger partial charge in [0, 0.05) is 24.5 Å². The van der Waals surface area contributed by atoms with E-state index in [0.717, 1.165) is 24.8 Å². The van der Waals surface area contributed by atoms with Gasteiger partial charge < -0.3 is 10.2 Å². The van der Waals surface area contributed by atoms with Crippen LogP contribution in [0.2, 0.25) is 5.02 Å². The quantitative estimate of drug-likeness (QED) is 0.874. The van der Waals surface area contributed by atoms with Crippen LogP contribution in [0, 0.1) is 5.82 Å². The van der Waals surface area contributed by atoms with Crippen molar-refractivity contribution in [3.8, 4) is 0 Å². The van der Waals surface area contributed by atoms with Crippen LogP contribution in [0.3, 0.4) is 0 Å². The monoisotopic (exact) mass is 320 g/mol. The highest BCUT2D eigenvalue weighted by molar-refractivity contribution is 6.34. The summed E-state index contributed by atoms with van der Waals surface area (Å²) in [6.07, 6.45) is 0. The zero-order chi connectivity index (χ0) is 16.1. The van der Waals surface area contributed by atoms with E-state index in [4.69, 9.17) is 11.6 Å². The minimum absolute atomic E-state index is 0.0947. The molecule has 2 aromatic rings. The SMILES string of the molecule is CCN(CC)c1ccc(NC(=O)c2ccc(F)cc2Cl)cc1. The third kappa shape index (κ3) is 3.77. The molecule has 2 rings (SSSR count). The van der Waals surface area contributed by atoms with Crippen molar-refractivity contribution in [2.24, 2.45) is 0 Å². The molecule has 1 amide bonds. The van der Waals surface area contributed by atoms with E-state index in [0.29, 0.717) is 5.69 Å². The molecule has 0 aliphatic carbocycles. The highest BCUT2D eigenvalue weighted by Gasteiger charge is 2.11. The number of rotatable bonds is 5. The second-order valence-corrected chi connectivity index (χ2v) is 5.20. The summed E-state index contributed by atoms with van der Waals surface area (Å²) in [7, 11) is 0. The first-order valence-corrected chi connectivity index (χ1v) is 7.54. The Hall–Kier alpha value is -2.07. The van der Waals surface area contributed by atoms with Crippen molar-refractivity contribution in [2.45, 2.75) is 13.8 Å². The molecule has 0 saturated carbocycles. The molecule has 5 heteroatoms. The Morgan fingerprint density at radius 2 is 1.77 bits per heavy atom. The van der Waals surface area contributed by atoms with Crippen LogP contribution in [-0.2, 0) is 0 Å². The fraction of sp³-hybridized carbons (Fsp3) is 0.235. The molecule has 0 atom stereocenters. The molecule has 0 radical (unpaired) electrons. The maximum atomic E-state index is 13.0. The van der Waals surface area contributed by atoms with Crippen LogP contribution < -0.4 is 10.2 Å². The van der Waals surface area contributed by atoms with Gasteiger partial charge in [-0.3, -0.25) is 4.79 Å². The van der Waals surface area contributed by atoms with Crippen molar-refractivity contribution in [1.82, 2.24) is 0 Å². The van der Waals surface area contributed by atoms with E-state index in [2.05, 4.69) is 24.1 Å². The molecule has 2 aromatic carbocycles. The summed E-state index contributed by atoms with van der Waals surface area (Å²) in [5.74, 6) is -0.828. The average molecular weight is 321 g/mol. The Kier molecular flexibility index (Phi) is 5.39. The fourth-order valence-electron chi connectivity index (χ4n) is 2.22. The molecule has 3 nitrogen and oxygen atoms in total. The number of carbonyl (C=O) groups is 1. The van der Waals surface area contributed by atoms with Crippen molar-refractivity contribution >= 4 is 28.9 Å². The van der Waals surface area contributed by atoms with Crippen LogP contribution in [0.4, 0.5) is 15.8 Å². The third-order valence-corrected chi connectivity index (χ3v) is 3.74. The molecule has 0 heterocycles. The molecule has 0 saturated heterocycles. The summed E-state index contributed by atoms with van der Waals surface area (Å²) in [4.78, 5) is 14.4. The predicted octanol–water partition coefficient (Wildman–Crippen LogP) is 4.58. The van der Waals surface area contributed by atoms with Gasteiger partial charge in [-0.25, -0.2) is 4.39 Å². The molecule has 0 aliphatic heterocycles. The van der Waals surface area contributed by atoms with Crippen LogP contribution in [-0.4, -0.2) is 19.0 Å². The lowest BCUT2D eigenvalue weighted by Crippen LogP contribution is -2.21. The number of amides is 1. The molecule has 0 aliphatic rings. The van der Waals surface area contributed by atoms with Crippen LogP contribution in [0.15, 0.2) is 42.5 Å². The highest BCUT2D eigenvalue weighted by Crippen LogP contribution is 2.21. The predicted molar refractivity (Wildman–Crippen MR) is 89.4 cm³/mol. The first-order valence-electron chi connectivity index (χ1n) is 7.16. The molecule has 1 N–H and O–H groups in total. The lowest BCUT2D eigenvalue weighted by Gasteiger charge is -2.21. The lowest BCUT2D eigenvalue weighted by atomic mass is 10.2. The summed E-state index contributed by atoms with van der Waals surface area (Å²) in [5.41, 5.74) is 2.01. The number of hydrogen-bond donors (Lipinski definition) is 1. The highest BCUT2D eigenvalue weighted by atomic mass is 35.5. The van der Waals surface area contributed by atoms with Crippen molar-refractivity contribution < 1.29 is 9.18 Å². The van der Waals surface area contributed by atoms with Crippen LogP contribution in [0.1, 0.15) is 24.2 Å². The van der Waals surface area contributed by atoms with Gasteiger partial charge in [-0.1, -0.05) is 11.6 Å². The van der Waals surface area contributed by atoms with E-state index >= 15 is 0 Å². The average Bonchev–Trinajstić information content (AvgIpc) is 2.50. The van der Waals surface area contributed by atoms with Gasteiger partial charge in [-0.2, -0.15) is 0 Å². The van der Waals surface area contributed by atoms with Gasteiger partial charge >= 0.3 is 0 Å². The Morgan fingerprint density at radius 1 is 1.14 bits per heavy atom. The van der Waals surface area contributed by atoms with Crippen LogP contribution in [0.25, 0.3) is 0 Å². The molecule has 0 unspecified atom stereocenters. The van der Waals surface area contributed by atoms with Crippen molar-refractivity contribution in [3.63, 3.8) is 0 Å². The first-order chi connectivity index (χ1) is 10.5. The van der Waals surface area contributed by atoms with Gasteiger partial charge in [-0.15, -0.1) is 0 Å². The van der Waals surface area contributed by atoms with E-state index in [1.165, 1.54) is 12.1 Å². The second kappa shape index (κ2) is 7.27. The molecule has 0 aromatic heterocycles. The summed E-state index contributed by atoms with van der Waals surface area (Å²) >= 11 is 5.89. The number of nitrogens with one attached hydrogen (secondary N) is 1. The van der Waals surface area contributed by atoms with Gasteiger partial charge in [0.15, 0.2) is 0 Å². The Balaban J connectivity index is 2.12. The fourth-order valence-corrected chi connectivity index (χ4v) is 2.47. The molecule has 0 bridgehead atoms. The van der Waals surface area contributed by atoms with E-state index in [-0.39, 0.29) is 16.5 Å². The standard InChI is InChI=1S/C17H18ClFN2O/c1-3-21(4-2)14-8-6-13(7-9-14)20-17(22)15-10-5-12(19)11-16(15)18/h5-11H,3-4H2,1-2H3,(H,20,22). The number of halogens is 2. The number of anilines is 2. The van der Waals surface area contributed by atoms with E-state index in [1.807, 2.05) is 24.3 Å². The van der Waals surface area contributed by atoms with Crippen LogP contribution in [0.5, 0.6) is 0 Å². The van der Waals surface area contributed by atoms with Crippen molar-refractivity contribution in [3.05, 3.63) is 58.9 Å². The lowest BCUT2D eigenvalue weighted by molar-refractivity contribution is 0.102. The smallest absolute Gasteiger partial charge is 0.257 e. The van der Waals surface area contributed by atoms with E-state index in [9.17, 15) is 9.18 Å². The van der Waals surface area contributed by atoms with Crippen molar-refractivity contribution in [1.29, 1.82) is 0 Å². The number of benzene rings is 2. The minimum Gasteiger partial charge on any atom is -0.372 e. The van der Waals surface area contributed by atoms with Gasteiger partial charge in [0.2, 0.25) is 0 Å². The second-order valence-electron chi connectivity index (χ2n) is 4.80. The maximum absolute atomic E-state index is 13.0. The Morgan fingerprint density at radius 3 is 2.32 bits per heavy atom. The molecule has 0 spiro atoms. The Bertz CT molecular complexity index is 654. The third-order valence-electron chi connectivity index (χ3n) is 3.43. The van der Waals surface area contributed by atoms with Gasteiger partial charge in [-0.05, 0) is 56.3 Å².